The lowest BCUT2D eigenvalue weighted by Crippen LogP contribution is -2.11. The van der Waals surface area contributed by atoms with E-state index in [0.29, 0.717) is 12.4 Å². The third-order valence-electron chi connectivity index (χ3n) is 4.62. The molecule has 6 nitrogen and oxygen atoms in total. The predicted molar refractivity (Wildman–Crippen MR) is 108 cm³/mol. The number of aryl methyl sites for hydroxylation is 1. The van der Waals surface area contributed by atoms with E-state index in [1.165, 1.54) is 6.08 Å². The molecule has 1 atom stereocenters. The van der Waals surface area contributed by atoms with Crippen LogP contribution in [0.25, 0.3) is 10.9 Å². The number of imidazole rings is 1. The zero-order valence-electron chi connectivity index (χ0n) is 16.4. The van der Waals surface area contributed by atoms with Gasteiger partial charge in [-0.3, -0.25) is 4.98 Å². The molecule has 146 valence electrons. The van der Waals surface area contributed by atoms with Gasteiger partial charge in [-0.2, -0.15) is 0 Å². The van der Waals surface area contributed by atoms with Gasteiger partial charge in [-0.05, 0) is 31.7 Å². The van der Waals surface area contributed by atoms with Gasteiger partial charge in [0.15, 0.2) is 0 Å². The molecule has 0 fully saturated rings. The van der Waals surface area contributed by atoms with E-state index < -0.39 is 5.92 Å². The van der Waals surface area contributed by atoms with Gasteiger partial charge in [0, 0.05) is 42.8 Å². The van der Waals surface area contributed by atoms with Crippen molar-refractivity contribution in [3.05, 3.63) is 72.4 Å². The Morgan fingerprint density at radius 3 is 2.93 bits per heavy atom. The fourth-order valence-corrected chi connectivity index (χ4v) is 3.20. The summed E-state index contributed by atoms with van der Waals surface area (Å²) in [7, 11) is 1.77. The lowest BCUT2D eigenvalue weighted by atomic mass is 10.0. The average molecular weight is 380 g/mol. The zero-order valence-corrected chi connectivity index (χ0v) is 16.4. The summed E-state index contributed by atoms with van der Waals surface area (Å²) in [6, 6.07) is 0. The first-order valence-corrected chi connectivity index (χ1v) is 9.42. The van der Waals surface area contributed by atoms with Gasteiger partial charge in [0.2, 0.25) is 0 Å². The summed E-state index contributed by atoms with van der Waals surface area (Å²) in [5.41, 5.74) is 2.97. The number of rotatable bonds is 8. The van der Waals surface area contributed by atoms with Gasteiger partial charge in [0.1, 0.15) is 18.0 Å². The van der Waals surface area contributed by atoms with Crippen molar-refractivity contribution in [3.63, 3.8) is 0 Å². The fourth-order valence-electron chi connectivity index (χ4n) is 3.20. The van der Waals surface area contributed by atoms with Gasteiger partial charge in [0.25, 0.3) is 0 Å². The smallest absolute Gasteiger partial charge is 0.118 e. The molecule has 0 radical (unpaired) electrons. The second-order valence-corrected chi connectivity index (χ2v) is 6.59. The molecule has 0 aliphatic carbocycles. The third kappa shape index (κ3) is 4.24. The molecule has 1 unspecified atom stereocenters. The molecule has 0 spiro atoms. The molecule has 0 amide bonds. The quantitative estimate of drug-likeness (QED) is 0.600. The number of nitrogens with zero attached hydrogens (tertiary/aromatic N) is 5. The van der Waals surface area contributed by atoms with E-state index in [0.717, 1.165) is 35.0 Å². The molecule has 0 saturated carbocycles. The number of hydrogen-bond donors (Lipinski definition) is 1. The number of nitrogens with one attached hydrogen (secondary N) is 1. The minimum Gasteiger partial charge on any atom is -0.394 e. The SMILES string of the molecule is CCCc1c(Cn2ccnc2C(C)/C(F)=C\C=C/NC)ncc2cncnc12. The Balaban J connectivity index is 1.93. The summed E-state index contributed by atoms with van der Waals surface area (Å²) in [6.07, 6.45) is 15.3. The molecule has 28 heavy (non-hydrogen) atoms. The van der Waals surface area contributed by atoms with Gasteiger partial charge in [-0.15, -0.1) is 0 Å². The van der Waals surface area contributed by atoms with Crippen LogP contribution in [0, 0.1) is 0 Å². The molecule has 0 bridgehead atoms. The Bertz CT molecular complexity index is 991. The Labute approximate surface area is 164 Å². The molecule has 7 heteroatoms. The highest BCUT2D eigenvalue weighted by Gasteiger charge is 2.18. The van der Waals surface area contributed by atoms with Crippen LogP contribution in [0.3, 0.4) is 0 Å². The van der Waals surface area contributed by atoms with Gasteiger partial charge >= 0.3 is 0 Å². The van der Waals surface area contributed by atoms with Crippen LogP contribution >= 0.6 is 0 Å². The number of hydrogen-bond acceptors (Lipinski definition) is 5. The van der Waals surface area contributed by atoms with Crippen LogP contribution in [0.5, 0.6) is 0 Å². The predicted octanol–water partition coefficient (Wildman–Crippen LogP) is 3.91. The first-order chi connectivity index (χ1) is 13.7. The van der Waals surface area contributed by atoms with Crippen molar-refractivity contribution >= 4 is 10.9 Å². The fraction of sp³-hybridized carbons (Fsp3) is 0.333. The number of aromatic nitrogens is 5. The molecule has 1 N–H and O–H groups in total. The lowest BCUT2D eigenvalue weighted by molar-refractivity contribution is 0.533. The summed E-state index contributed by atoms with van der Waals surface area (Å²) in [5.74, 6) is -0.0282. The van der Waals surface area contributed by atoms with Crippen molar-refractivity contribution in [2.24, 2.45) is 0 Å². The third-order valence-corrected chi connectivity index (χ3v) is 4.62. The Hall–Kier alpha value is -3.09. The summed E-state index contributed by atoms with van der Waals surface area (Å²) in [6.45, 7) is 4.47. The summed E-state index contributed by atoms with van der Waals surface area (Å²) >= 11 is 0. The largest absolute Gasteiger partial charge is 0.394 e. The minimum atomic E-state index is -0.450. The summed E-state index contributed by atoms with van der Waals surface area (Å²) in [5, 5.41) is 3.77. The highest BCUT2D eigenvalue weighted by atomic mass is 19.1. The molecule has 3 aromatic rings. The second-order valence-electron chi connectivity index (χ2n) is 6.59. The van der Waals surface area contributed by atoms with Crippen molar-refractivity contribution < 1.29 is 4.39 Å². The van der Waals surface area contributed by atoms with E-state index in [9.17, 15) is 4.39 Å². The van der Waals surface area contributed by atoms with E-state index >= 15 is 0 Å². The van der Waals surface area contributed by atoms with Crippen LogP contribution in [0.15, 0.2) is 55.3 Å². The van der Waals surface area contributed by atoms with Crippen LogP contribution < -0.4 is 5.32 Å². The molecule has 0 aromatic carbocycles. The van der Waals surface area contributed by atoms with E-state index in [-0.39, 0.29) is 5.83 Å². The molecular formula is C21H25FN6. The standard InChI is InChI=1S/C21H25FN6/c1-4-6-17-19(26-12-16-11-24-14-27-20(16)17)13-28-10-9-25-21(28)15(2)18(22)7-5-8-23-3/h5,7-12,14-15,23H,4,6,13H2,1-3H3/b8-5-,18-7+. The Morgan fingerprint density at radius 1 is 1.29 bits per heavy atom. The average Bonchev–Trinajstić information content (AvgIpc) is 3.17. The van der Waals surface area contributed by atoms with Crippen molar-refractivity contribution in [2.45, 2.75) is 39.2 Å². The highest BCUT2D eigenvalue weighted by Crippen LogP contribution is 2.26. The lowest BCUT2D eigenvalue weighted by Gasteiger charge is -2.15. The van der Waals surface area contributed by atoms with Crippen LogP contribution in [-0.2, 0) is 13.0 Å². The van der Waals surface area contributed by atoms with Crippen molar-refractivity contribution in [1.29, 1.82) is 0 Å². The van der Waals surface area contributed by atoms with Crippen molar-refractivity contribution in [3.8, 4) is 0 Å². The number of halogens is 1. The normalized spacial score (nSPS) is 13.4. The Morgan fingerprint density at radius 2 is 2.14 bits per heavy atom. The van der Waals surface area contributed by atoms with Gasteiger partial charge in [-0.25, -0.2) is 19.3 Å². The summed E-state index contributed by atoms with van der Waals surface area (Å²) < 4.78 is 16.5. The van der Waals surface area contributed by atoms with E-state index in [1.807, 2.05) is 17.7 Å². The highest BCUT2D eigenvalue weighted by molar-refractivity contribution is 5.80. The van der Waals surface area contributed by atoms with Crippen LogP contribution in [0.2, 0.25) is 0 Å². The number of pyridine rings is 1. The Kier molecular flexibility index (Phi) is 6.47. The maximum atomic E-state index is 14.5. The van der Waals surface area contributed by atoms with Gasteiger partial charge in [0.05, 0.1) is 23.7 Å². The van der Waals surface area contributed by atoms with E-state index in [4.69, 9.17) is 0 Å². The topological polar surface area (TPSA) is 68.5 Å². The summed E-state index contributed by atoms with van der Waals surface area (Å²) in [4.78, 5) is 17.6. The second kappa shape index (κ2) is 9.21. The van der Waals surface area contributed by atoms with E-state index in [2.05, 4.69) is 32.2 Å². The molecule has 0 aliphatic rings. The molecule has 3 heterocycles. The first-order valence-electron chi connectivity index (χ1n) is 9.42. The monoisotopic (exact) mass is 380 g/mol. The van der Waals surface area contributed by atoms with Crippen LogP contribution in [0.1, 0.15) is 43.3 Å². The van der Waals surface area contributed by atoms with Gasteiger partial charge < -0.3 is 9.88 Å². The van der Waals surface area contributed by atoms with Crippen molar-refractivity contribution in [2.75, 3.05) is 7.05 Å². The van der Waals surface area contributed by atoms with Crippen LogP contribution in [-0.4, -0.2) is 31.6 Å². The van der Waals surface area contributed by atoms with E-state index in [1.54, 1.807) is 44.2 Å². The molecular weight excluding hydrogens is 355 g/mol. The van der Waals surface area contributed by atoms with Gasteiger partial charge in [-0.1, -0.05) is 13.3 Å². The molecule has 3 rings (SSSR count). The maximum absolute atomic E-state index is 14.5. The van der Waals surface area contributed by atoms with Crippen molar-refractivity contribution in [1.82, 2.24) is 29.8 Å². The molecule has 0 aliphatic heterocycles. The number of fused-ring (bicyclic) bond motifs is 1. The number of allylic oxidation sites excluding steroid dienone is 3. The molecule has 3 aromatic heterocycles. The first kappa shape index (κ1) is 19.7. The zero-order chi connectivity index (χ0) is 19.9. The van der Waals surface area contributed by atoms with Crippen LogP contribution in [0.4, 0.5) is 4.39 Å². The maximum Gasteiger partial charge on any atom is 0.118 e. The molecule has 0 saturated heterocycles. The minimum absolute atomic E-state index is 0.244.